The Balaban J connectivity index is 1.90. The molecule has 0 radical (unpaired) electrons. The van der Waals surface area contributed by atoms with Crippen LogP contribution in [0.3, 0.4) is 0 Å². The van der Waals surface area contributed by atoms with E-state index in [0.29, 0.717) is 22.0 Å². The molecule has 0 aliphatic carbocycles. The molecule has 3 aromatic carbocycles. The number of carbonyl (C=O) groups excluding carboxylic acids is 1. The average molecular weight is 360 g/mol. The van der Waals surface area contributed by atoms with Crippen molar-refractivity contribution in [3.8, 4) is 16.9 Å². The van der Waals surface area contributed by atoms with Crippen LogP contribution in [0.5, 0.6) is 0 Å². The summed E-state index contributed by atoms with van der Waals surface area (Å²) in [5, 5.41) is 9.07. The summed E-state index contributed by atoms with van der Waals surface area (Å²) in [6.07, 6.45) is 0. The predicted octanol–water partition coefficient (Wildman–Crippen LogP) is 4.82. The zero-order chi connectivity index (χ0) is 17.9. The highest BCUT2D eigenvalue weighted by Crippen LogP contribution is 2.27. The second-order valence-corrected chi connectivity index (χ2v) is 6.17. The van der Waals surface area contributed by atoms with Gasteiger partial charge in [-0.2, -0.15) is 0 Å². The van der Waals surface area contributed by atoms with E-state index >= 15 is 0 Å². The van der Waals surface area contributed by atoms with Gasteiger partial charge in [0.15, 0.2) is 5.69 Å². The zero-order valence-corrected chi connectivity index (χ0v) is 14.5. The van der Waals surface area contributed by atoms with Crippen molar-refractivity contribution in [3.63, 3.8) is 0 Å². The lowest BCUT2D eigenvalue weighted by Gasteiger charge is -2.08. The third-order valence-corrected chi connectivity index (χ3v) is 4.29. The van der Waals surface area contributed by atoms with Crippen LogP contribution in [-0.2, 0) is 0 Å². The van der Waals surface area contributed by atoms with E-state index in [1.807, 2.05) is 60.7 Å². The minimum atomic E-state index is -0.162. The Morgan fingerprint density at radius 1 is 0.808 bits per heavy atom. The summed E-state index contributed by atoms with van der Waals surface area (Å²) >= 11 is 5.99. The minimum Gasteiger partial charge on any atom is -0.287 e. The van der Waals surface area contributed by atoms with Crippen molar-refractivity contribution in [3.05, 3.63) is 101 Å². The summed E-state index contributed by atoms with van der Waals surface area (Å²) in [7, 11) is 0. The van der Waals surface area contributed by atoms with Crippen molar-refractivity contribution in [1.82, 2.24) is 15.0 Å². The Morgan fingerprint density at radius 3 is 2.08 bits per heavy atom. The summed E-state index contributed by atoms with van der Waals surface area (Å²) in [4.78, 5) is 13.0. The van der Waals surface area contributed by atoms with E-state index in [1.165, 1.54) is 0 Å². The molecule has 5 heteroatoms. The number of nitrogens with zero attached hydrogens (tertiary/aromatic N) is 3. The highest BCUT2D eigenvalue weighted by atomic mass is 35.5. The van der Waals surface area contributed by atoms with E-state index in [9.17, 15) is 4.79 Å². The summed E-state index contributed by atoms with van der Waals surface area (Å²) in [5.74, 6) is -0.162. The van der Waals surface area contributed by atoms with Gasteiger partial charge in [-0.15, -0.1) is 5.10 Å². The van der Waals surface area contributed by atoms with Crippen LogP contribution in [0.1, 0.15) is 16.1 Å². The van der Waals surface area contributed by atoms with Crippen molar-refractivity contribution >= 4 is 17.4 Å². The maximum atomic E-state index is 13.0. The van der Waals surface area contributed by atoms with Crippen molar-refractivity contribution < 1.29 is 4.79 Å². The molecule has 0 saturated heterocycles. The second kappa shape index (κ2) is 6.94. The maximum Gasteiger partial charge on any atom is 0.215 e. The van der Waals surface area contributed by atoms with E-state index in [-0.39, 0.29) is 5.78 Å². The van der Waals surface area contributed by atoms with Gasteiger partial charge >= 0.3 is 0 Å². The number of aromatic nitrogens is 3. The molecule has 0 saturated carbocycles. The van der Waals surface area contributed by atoms with Crippen molar-refractivity contribution in [2.75, 3.05) is 0 Å². The monoisotopic (exact) mass is 359 g/mol. The van der Waals surface area contributed by atoms with Gasteiger partial charge in [-0.3, -0.25) is 4.79 Å². The molecule has 4 nitrogen and oxygen atoms in total. The highest BCUT2D eigenvalue weighted by Gasteiger charge is 2.23. The Labute approximate surface area is 155 Å². The fourth-order valence-electron chi connectivity index (χ4n) is 2.78. The van der Waals surface area contributed by atoms with E-state index in [4.69, 9.17) is 11.6 Å². The van der Waals surface area contributed by atoms with Gasteiger partial charge < -0.3 is 0 Å². The molecule has 1 aromatic heterocycles. The molecule has 0 atom stereocenters. The quantitative estimate of drug-likeness (QED) is 0.491. The number of hydrogen-bond donors (Lipinski definition) is 0. The molecule has 0 spiro atoms. The molecule has 0 aliphatic heterocycles. The molecular formula is C21H14ClN3O. The molecule has 4 rings (SSSR count). The number of benzene rings is 3. The van der Waals surface area contributed by atoms with Gasteiger partial charge in [0, 0.05) is 16.1 Å². The largest absolute Gasteiger partial charge is 0.287 e. The number of hydrogen-bond acceptors (Lipinski definition) is 3. The van der Waals surface area contributed by atoms with Gasteiger partial charge in [0.2, 0.25) is 5.78 Å². The SMILES string of the molecule is O=C(c1ccccc1)c1nnn(-c2ccc(Cl)cc2)c1-c1ccccc1. The molecule has 4 aromatic rings. The lowest BCUT2D eigenvalue weighted by Crippen LogP contribution is -2.05. The van der Waals surface area contributed by atoms with Gasteiger partial charge in [-0.25, -0.2) is 4.68 Å². The first-order valence-electron chi connectivity index (χ1n) is 8.11. The lowest BCUT2D eigenvalue weighted by molar-refractivity contribution is 0.103. The van der Waals surface area contributed by atoms with Gasteiger partial charge in [-0.1, -0.05) is 77.5 Å². The molecule has 1 heterocycles. The third-order valence-electron chi connectivity index (χ3n) is 4.04. The van der Waals surface area contributed by atoms with Gasteiger partial charge in [-0.05, 0) is 24.3 Å². The standard InChI is InChI=1S/C21H14ClN3O/c22-17-11-13-18(14-12-17)25-20(15-7-3-1-4-8-15)19(23-24-25)21(26)16-9-5-2-6-10-16/h1-14H. The fourth-order valence-corrected chi connectivity index (χ4v) is 2.91. The van der Waals surface area contributed by atoms with E-state index in [2.05, 4.69) is 10.3 Å². The molecular weight excluding hydrogens is 346 g/mol. The summed E-state index contributed by atoms with van der Waals surface area (Å²) < 4.78 is 1.67. The predicted molar refractivity (Wildman–Crippen MR) is 102 cm³/mol. The van der Waals surface area contributed by atoms with Crippen molar-refractivity contribution in [1.29, 1.82) is 0 Å². The van der Waals surface area contributed by atoms with Crippen LogP contribution in [0.15, 0.2) is 84.9 Å². The second-order valence-electron chi connectivity index (χ2n) is 5.74. The highest BCUT2D eigenvalue weighted by molar-refractivity contribution is 6.30. The number of carbonyl (C=O) groups is 1. The third kappa shape index (κ3) is 3.03. The number of rotatable bonds is 4. The topological polar surface area (TPSA) is 47.8 Å². The van der Waals surface area contributed by atoms with Crippen LogP contribution in [0.4, 0.5) is 0 Å². The van der Waals surface area contributed by atoms with Crippen LogP contribution in [0.25, 0.3) is 16.9 Å². The van der Waals surface area contributed by atoms with Gasteiger partial charge in [0.1, 0.15) is 5.69 Å². The van der Waals surface area contributed by atoms with E-state index < -0.39 is 0 Å². The summed E-state index contributed by atoms with van der Waals surface area (Å²) in [5.41, 5.74) is 3.20. The molecule has 26 heavy (non-hydrogen) atoms. The Hall–Kier alpha value is -3.24. The Bertz CT molecular complexity index is 1040. The molecule has 0 unspecified atom stereocenters. The smallest absolute Gasteiger partial charge is 0.215 e. The van der Waals surface area contributed by atoms with E-state index in [1.54, 1.807) is 28.9 Å². The molecule has 0 fully saturated rings. The van der Waals surface area contributed by atoms with Gasteiger partial charge in [0.05, 0.1) is 5.69 Å². The number of ketones is 1. The fraction of sp³-hybridized carbons (Fsp3) is 0. The first-order chi connectivity index (χ1) is 12.7. The minimum absolute atomic E-state index is 0.162. The first-order valence-corrected chi connectivity index (χ1v) is 8.48. The van der Waals surface area contributed by atoms with Crippen LogP contribution >= 0.6 is 11.6 Å². The molecule has 0 amide bonds. The summed E-state index contributed by atoms with van der Waals surface area (Å²) in [6.45, 7) is 0. The van der Waals surface area contributed by atoms with Crippen LogP contribution in [0, 0.1) is 0 Å². The zero-order valence-electron chi connectivity index (χ0n) is 13.7. The number of halogens is 1. The van der Waals surface area contributed by atoms with Crippen molar-refractivity contribution in [2.24, 2.45) is 0 Å². The van der Waals surface area contributed by atoms with Crippen LogP contribution in [-0.4, -0.2) is 20.8 Å². The van der Waals surface area contributed by atoms with Crippen LogP contribution in [0.2, 0.25) is 5.02 Å². The Morgan fingerprint density at radius 2 is 1.42 bits per heavy atom. The molecule has 0 aliphatic rings. The van der Waals surface area contributed by atoms with Crippen molar-refractivity contribution in [2.45, 2.75) is 0 Å². The molecule has 0 N–H and O–H groups in total. The first kappa shape index (κ1) is 16.2. The lowest BCUT2D eigenvalue weighted by atomic mass is 10.0. The Kier molecular flexibility index (Phi) is 4.33. The maximum absolute atomic E-state index is 13.0. The molecule has 0 bridgehead atoms. The van der Waals surface area contributed by atoms with E-state index in [0.717, 1.165) is 11.3 Å². The summed E-state index contributed by atoms with van der Waals surface area (Å²) in [6, 6.07) is 26.0. The average Bonchev–Trinajstić information content (AvgIpc) is 3.14. The normalized spacial score (nSPS) is 10.7. The van der Waals surface area contributed by atoms with Crippen LogP contribution < -0.4 is 0 Å². The molecule has 126 valence electrons. The van der Waals surface area contributed by atoms with Gasteiger partial charge in [0.25, 0.3) is 0 Å².